The molecule has 5 rings (SSSR count). The first-order chi connectivity index (χ1) is 16.1. The molecule has 0 aromatic heterocycles. The van der Waals surface area contributed by atoms with Crippen molar-refractivity contribution in [3.05, 3.63) is 54.6 Å². The summed E-state index contributed by atoms with van der Waals surface area (Å²) in [6.07, 6.45) is 6.58. The van der Waals surface area contributed by atoms with Crippen molar-refractivity contribution in [2.45, 2.75) is 57.4 Å². The van der Waals surface area contributed by atoms with Crippen LogP contribution in [0.5, 0.6) is 11.5 Å². The van der Waals surface area contributed by atoms with Gasteiger partial charge in [-0.3, -0.25) is 19.3 Å². The molecule has 2 aromatic carbocycles. The van der Waals surface area contributed by atoms with Gasteiger partial charge in [-0.15, -0.1) is 0 Å². The molecule has 2 aromatic rings. The fourth-order valence-corrected chi connectivity index (χ4v) is 5.62. The molecule has 0 bridgehead atoms. The van der Waals surface area contributed by atoms with Crippen LogP contribution in [-0.2, 0) is 14.4 Å². The number of benzene rings is 2. The fourth-order valence-electron chi connectivity index (χ4n) is 5.62. The van der Waals surface area contributed by atoms with Crippen LogP contribution in [0, 0.1) is 17.8 Å². The number of amides is 3. The zero-order valence-corrected chi connectivity index (χ0v) is 18.7. The number of nitrogens with one attached hydrogen (secondary N) is 1. The molecule has 1 saturated heterocycles. The van der Waals surface area contributed by atoms with E-state index in [-0.39, 0.29) is 41.5 Å². The van der Waals surface area contributed by atoms with E-state index in [1.165, 1.54) is 0 Å². The van der Waals surface area contributed by atoms with E-state index in [2.05, 4.69) is 5.32 Å². The Balaban J connectivity index is 1.13. The van der Waals surface area contributed by atoms with Gasteiger partial charge in [0.2, 0.25) is 17.7 Å². The number of carbonyl (C=O) groups excluding carboxylic acids is 3. The van der Waals surface area contributed by atoms with Crippen molar-refractivity contribution in [1.82, 2.24) is 4.90 Å². The lowest BCUT2D eigenvalue weighted by Crippen LogP contribution is -2.43. The Morgan fingerprint density at radius 3 is 1.94 bits per heavy atom. The normalized spacial score (nSPS) is 27.2. The summed E-state index contributed by atoms with van der Waals surface area (Å²) in [5, 5.41) is 3.00. The minimum absolute atomic E-state index is 0.00192. The Hall–Kier alpha value is -3.15. The number of nitrogens with zero attached hydrogens (tertiary/aromatic N) is 1. The number of ether oxygens (including phenoxy) is 1. The summed E-state index contributed by atoms with van der Waals surface area (Å²) in [5.74, 6) is 1.25. The molecule has 1 heterocycles. The maximum atomic E-state index is 12.9. The summed E-state index contributed by atoms with van der Waals surface area (Å²) in [5.41, 5.74) is 0.733. The largest absolute Gasteiger partial charge is 0.457 e. The van der Waals surface area contributed by atoms with Gasteiger partial charge in [0.05, 0.1) is 11.8 Å². The molecule has 2 saturated carbocycles. The van der Waals surface area contributed by atoms with Crippen LogP contribution in [0.1, 0.15) is 51.4 Å². The zero-order valence-electron chi connectivity index (χ0n) is 18.7. The highest BCUT2D eigenvalue weighted by atomic mass is 16.5. The molecule has 3 amide bonds. The summed E-state index contributed by atoms with van der Waals surface area (Å²) in [7, 11) is 0. The van der Waals surface area contributed by atoms with Crippen LogP contribution in [0.3, 0.4) is 0 Å². The van der Waals surface area contributed by atoms with Crippen molar-refractivity contribution >= 4 is 23.4 Å². The van der Waals surface area contributed by atoms with Crippen molar-refractivity contribution in [2.75, 3.05) is 5.32 Å². The first-order valence-corrected chi connectivity index (χ1v) is 12.1. The standard InChI is InChI=1S/C27H30N2O4/c30-25(28-19-12-16-22(17-13-19)33-21-6-2-1-3-7-21)18-10-14-20(15-11-18)29-26(31)23-8-4-5-9-24(23)27(29)32/h1-3,6-7,12-13,16-18,20,23-24H,4-5,8-11,14-15H2,(H,28,30)/t18?,20?,23-,24-/m1/s1. The van der Waals surface area contributed by atoms with Gasteiger partial charge >= 0.3 is 0 Å². The minimum atomic E-state index is -0.100. The Bertz CT molecular complexity index is 988. The zero-order chi connectivity index (χ0) is 22.8. The van der Waals surface area contributed by atoms with E-state index < -0.39 is 0 Å². The van der Waals surface area contributed by atoms with Gasteiger partial charge in [-0.2, -0.15) is 0 Å². The minimum Gasteiger partial charge on any atom is -0.457 e. The molecule has 0 spiro atoms. The molecule has 2 aliphatic carbocycles. The van der Waals surface area contributed by atoms with Crippen LogP contribution in [0.15, 0.2) is 54.6 Å². The van der Waals surface area contributed by atoms with E-state index in [0.717, 1.165) is 37.1 Å². The van der Waals surface area contributed by atoms with E-state index in [4.69, 9.17) is 4.74 Å². The molecule has 2 atom stereocenters. The predicted octanol–water partition coefficient (Wildman–Crippen LogP) is 5.15. The molecular weight excluding hydrogens is 416 g/mol. The first-order valence-electron chi connectivity index (χ1n) is 12.1. The molecule has 6 heteroatoms. The molecule has 0 radical (unpaired) electrons. The molecule has 0 unspecified atom stereocenters. The third-order valence-corrected chi connectivity index (χ3v) is 7.41. The van der Waals surface area contributed by atoms with Crippen molar-refractivity contribution in [1.29, 1.82) is 0 Å². The first kappa shape index (κ1) is 21.7. The lowest BCUT2D eigenvalue weighted by molar-refractivity contribution is -0.143. The Kier molecular flexibility index (Phi) is 6.16. The van der Waals surface area contributed by atoms with Gasteiger partial charge in [0.25, 0.3) is 0 Å². The fraction of sp³-hybridized carbons (Fsp3) is 0.444. The van der Waals surface area contributed by atoms with Gasteiger partial charge in [0.15, 0.2) is 0 Å². The summed E-state index contributed by atoms with van der Waals surface area (Å²) < 4.78 is 5.80. The molecule has 1 aliphatic heterocycles. The van der Waals surface area contributed by atoms with Crippen LogP contribution in [-0.4, -0.2) is 28.7 Å². The van der Waals surface area contributed by atoms with Gasteiger partial charge in [-0.05, 0) is 74.9 Å². The van der Waals surface area contributed by atoms with E-state index in [0.29, 0.717) is 31.4 Å². The van der Waals surface area contributed by atoms with E-state index in [1.807, 2.05) is 54.6 Å². The summed E-state index contributed by atoms with van der Waals surface area (Å²) in [6, 6.07) is 16.9. The summed E-state index contributed by atoms with van der Waals surface area (Å²) in [6.45, 7) is 0. The van der Waals surface area contributed by atoms with Crippen LogP contribution in [0.4, 0.5) is 5.69 Å². The summed E-state index contributed by atoms with van der Waals surface area (Å²) in [4.78, 5) is 40.1. The topological polar surface area (TPSA) is 75.7 Å². The van der Waals surface area contributed by atoms with Crippen molar-refractivity contribution in [3.63, 3.8) is 0 Å². The highest BCUT2D eigenvalue weighted by Gasteiger charge is 2.50. The molecular formula is C27H30N2O4. The van der Waals surface area contributed by atoms with Crippen molar-refractivity contribution in [3.8, 4) is 11.5 Å². The second kappa shape index (κ2) is 9.38. The second-order valence-electron chi connectivity index (χ2n) is 9.48. The van der Waals surface area contributed by atoms with Crippen LogP contribution < -0.4 is 10.1 Å². The molecule has 33 heavy (non-hydrogen) atoms. The molecule has 6 nitrogen and oxygen atoms in total. The number of carbonyl (C=O) groups is 3. The average Bonchev–Trinajstić information content (AvgIpc) is 3.11. The van der Waals surface area contributed by atoms with Crippen molar-refractivity contribution < 1.29 is 19.1 Å². The maximum absolute atomic E-state index is 12.9. The molecule has 3 fully saturated rings. The number of hydrogen-bond acceptors (Lipinski definition) is 4. The van der Waals surface area contributed by atoms with E-state index in [9.17, 15) is 14.4 Å². The third-order valence-electron chi connectivity index (χ3n) is 7.41. The maximum Gasteiger partial charge on any atom is 0.233 e. The Morgan fingerprint density at radius 1 is 0.758 bits per heavy atom. The third kappa shape index (κ3) is 4.52. The highest BCUT2D eigenvalue weighted by Crippen LogP contribution is 2.41. The molecule has 1 N–H and O–H groups in total. The Morgan fingerprint density at radius 2 is 1.33 bits per heavy atom. The lowest BCUT2D eigenvalue weighted by atomic mass is 9.81. The molecule has 172 valence electrons. The number of para-hydroxylation sites is 1. The SMILES string of the molecule is O=C(Nc1ccc(Oc2ccccc2)cc1)C1CCC(N2C(=O)[C@@H]3CCCC[C@H]3C2=O)CC1. The van der Waals surface area contributed by atoms with Crippen LogP contribution in [0.2, 0.25) is 0 Å². The number of anilines is 1. The number of likely N-dealkylation sites (tertiary alicyclic amines) is 1. The quantitative estimate of drug-likeness (QED) is 0.645. The number of fused-ring (bicyclic) bond motifs is 1. The van der Waals surface area contributed by atoms with Gasteiger partial charge < -0.3 is 10.1 Å². The van der Waals surface area contributed by atoms with E-state index in [1.54, 1.807) is 4.90 Å². The monoisotopic (exact) mass is 446 g/mol. The van der Waals surface area contributed by atoms with Crippen LogP contribution in [0.25, 0.3) is 0 Å². The smallest absolute Gasteiger partial charge is 0.233 e. The summed E-state index contributed by atoms with van der Waals surface area (Å²) >= 11 is 0. The Labute approximate surface area is 194 Å². The van der Waals surface area contributed by atoms with Gasteiger partial charge in [-0.1, -0.05) is 31.0 Å². The van der Waals surface area contributed by atoms with Gasteiger partial charge in [0.1, 0.15) is 11.5 Å². The van der Waals surface area contributed by atoms with Crippen LogP contribution >= 0.6 is 0 Å². The lowest BCUT2D eigenvalue weighted by Gasteiger charge is -2.33. The predicted molar refractivity (Wildman–Crippen MR) is 125 cm³/mol. The highest BCUT2D eigenvalue weighted by molar-refractivity contribution is 6.05. The van der Waals surface area contributed by atoms with E-state index >= 15 is 0 Å². The van der Waals surface area contributed by atoms with Crippen molar-refractivity contribution in [2.24, 2.45) is 17.8 Å². The van der Waals surface area contributed by atoms with Gasteiger partial charge in [0, 0.05) is 17.6 Å². The molecule has 3 aliphatic rings. The number of hydrogen-bond donors (Lipinski definition) is 1. The number of rotatable bonds is 5. The number of imide groups is 1. The average molecular weight is 447 g/mol. The second-order valence-corrected chi connectivity index (χ2v) is 9.48. The van der Waals surface area contributed by atoms with Gasteiger partial charge in [-0.25, -0.2) is 0 Å².